The summed E-state index contributed by atoms with van der Waals surface area (Å²) in [5, 5.41) is 0. The van der Waals surface area contributed by atoms with Crippen molar-refractivity contribution in [1.82, 2.24) is 4.90 Å². The number of benzene rings is 1. The molecule has 1 heterocycles. The average molecular weight is 253 g/mol. The van der Waals surface area contributed by atoms with Crippen LogP contribution in [0, 0.1) is 0 Å². The van der Waals surface area contributed by atoms with Crippen molar-refractivity contribution >= 4 is 5.91 Å². The van der Waals surface area contributed by atoms with Crippen LogP contribution in [0.25, 0.3) is 0 Å². The Morgan fingerprint density at radius 3 is 2.68 bits per heavy atom. The van der Waals surface area contributed by atoms with Gasteiger partial charge in [-0.3, -0.25) is 4.79 Å². The predicted molar refractivity (Wildman–Crippen MR) is 76.5 cm³/mol. The Hall–Kier alpha value is -1.83. The lowest BCUT2D eigenvalue weighted by atomic mass is 9.96. The van der Waals surface area contributed by atoms with E-state index in [-0.39, 0.29) is 5.91 Å². The van der Waals surface area contributed by atoms with Crippen molar-refractivity contribution in [2.75, 3.05) is 6.54 Å². The van der Waals surface area contributed by atoms with E-state index in [0.29, 0.717) is 6.42 Å². The summed E-state index contributed by atoms with van der Waals surface area (Å²) in [7, 11) is 0. The maximum absolute atomic E-state index is 11.8. The minimum atomic E-state index is 0.281. The molecule has 0 saturated carbocycles. The summed E-state index contributed by atoms with van der Waals surface area (Å²) in [5.74, 6) is 0.281. The van der Waals surface area contributed by atoms with Crippen LogP contribution in [-0.2, 0) is 11.2 Å². The normalized spacial score (nSPS) is 19.4. The fourth-order valence-electron chi connectivity index (χ4n) is 2.85. The number of allylic oxidation sites excluding steroid dienone is 3. The molecule has 1 aromatic rings. The van der Waals surface area contributed by atoms with Crippen molar-refractivity contribution in [2.45, 2.75) is 32.1 Å². The van der Waals surface area contributed by atoms with E-state index in [1.165, 1.54) is 11.1 Å². The van der Waals surface area contributed by atoms with Crippen LogP contribution < -0.4 is 0 Å². The lowest BCUT2D eigenvalue weighted by Gasteiger charge is -2.22. The Morgan fingerprint density at radius 2 is 1.95 bits per heavy atom. The van der Waals surface area contributed by atoms with Crippen LogP contribution in [-0.4, -0.2) is 17.4 Å². The molecule has 0 unspecified atom stereocenters. The maximum atomic E-state index is 11.8. The zero-order valence-electron chi connectivity index (χ0n) is 11.1. The molecule has 0 aromatic heterocycles. The summed E-state index contributed by atoms with van der Waals surface area (Å²) in [5.41, 5.74) is 3.91. The van der Waals surface area contributed by atoms with E-state index >= 15 is 0 Å². The zero-order valence-corrected chi connectivity index (χ0v) is 11.1. The fourth-order valence-corrected chi connectivity index (χ4v) is 2.85. The van der Waals surface area contributed by atoms with Gasteiger partial charge in [0.25, 0.3) is 0 Å². The monoisotopic (exact) mass is 253 g/mol. The molecule has 98 valence electrons. The summed E-state index contributed by atoms with van der Waals surface area (Å²) in [6.07, 6.45) is 9.30. The predicted octanol–water partition coefficient (Wildman–Crippen LogP) is 3.46. The standard InChI is InChI=1S/C17H19NO/c19-17-10-5-11-18(17)16-9-4-8-15(13-16)12-14-6-2-1-3-7-14/h1-3,6-7,9,13H,4-5,8,10-12H2. The van der Waals surface area contributed by atoms with Gasteiger partial charge in [0.1, 0.15) is 0 Å². The number of hydrogen-bond donors (Lipinski definition) is 0. The molecule has 1 aliphatic heterocycles. The van der Waals surface area contributed by atoms with Gasteiger partial charge in [-0.1, -0.05) is 42.0 Å². The summed E-state index contributed by atoms with van der Waals surface area (Å²) in [4.78, 5) is 13.7. The SMILES string of the molecule is O=C1CCCN1C1=CCCC(Cc2ccccc2)=C1. The van der Waals surface area contributed by atoms with Gasteiger partial charge in [-0.2, -0.15) is 0 Å². The smallest absolute Gasteiger partial charge is 0.227 e. The van der Waals surface area contributed by atoms with E-state index in [4.69, 9.17) is 0 Å². The van der Waals surface area contributed by atoms with Gasteiger partial charge in [0, 0.05) is 18.7 Å². The van der Waals surface area contributed by atoms with Gasteiger partial charge < -0.3 is 4.90 Å². The minimum Gasteiger partial charge on any atom is -0.313 e. The molecule has 1 fully saturated rings. The minimum absolute atomic E-state index is 0.281. The number of rotatable bonds is 3. The third kappa shape index (κ3) is 2.78. The third-order valence-corrected chi connectivity index (χ3v) is 3.83. The second kappa shape index (κ2) is 5.43. The van der Waals surface area contributed by atoms with Crippen LogP contribution >= 0.6 is 0 Å². The molecule has 19 heavy (non-hydrogen) atoms. The first kappa shape index (κ1) is 12.2. The molecule has 3 rings (SSSR count). The van der Waals surface area contributed by atoms with Gasteiger partial charge >= 0.3 is 0 Å². The molecule has 2 aliphatic rings. The number of carbonyl (C=O) groups is 1. The lowest BCUT2D eigenvalue weighted by molar-refractivity contribution is -0.125. The topological polar surface area (TPSA) is 20.3 Å². The van der Waals surface area contributed by atoms with E-state index in [0.717, 1.165) is 37.9 Å². The summed E-state index contributed by atoms with van der Waals surface area (Å²) >= 11 is 0. The van der Waals surface area contributed by atoms with Crippen molar-refractivity contribution in [2.24, 2.45) is 0 Å². The molecule has 0 N–H and O–H groups in total. The van der Waals surface area contributed by atoms with Gasteiger partial charge in [-0.25, -0.2) is 0 Å². The Balaban J connectivity index is 1.74. The van der Waals surface area contributed by atoms with Crippen LogP contribution in [0.4, 0.5) is 0 Å². The van der Waals surface area contributed by atoms with Crippen LogP contribution in [0.1, 0.15) is 31.2 Å². The molecule has 0 spiro atoms. The Morgan fingerprint density at radius 1 is 1.11 bits per heavy atom. The highest BCUT2D eigenvalue weighted by Crippen LogP contribution is 2.26. The summed E-state index contributed by atoms with van der Waals surface area (Å²) < 4.78 is 0. The molecule has 1 aliphatic carbocycles. The molecular weight excluding hydrogens is 234 g/mol. The van der Waals surface area contributed by atoms with E-state index < -0.39 is 0 Å². The van der Waals surface area contributed by atoms with Crippen LogP contribution in [0.2, 0.25) is 0 Å². The van der Waals surface area contributed by atoms with Crippen molar-refractivity contribution in [3.05, 3.63) is 59.3 Å². The van der Waals surface area contributed by atoms with Crippen LogP contribution in [0.3, 0.4) is 0 Å². The van der Waals surface area contributed by atoms with Gasteiger partial charge in [-0.15, -0.1) is 0 Å². The lowest BCUT2D eigenvalue weighted by Crippen LogP contribution is -2.24. The van der Waals surface area contributed by atoms with E-state index in [1.54, 1.807) is 0 Å². The Bertz CT molecular complexity index is 527. The Kier molecular flexibility index (Phi) is 3.49. The van der Waals surface area contributed by atoms with Crippen molar-refractivity contribution < 1.29 is 4.79 Å². The second-order valence-electron chi connectivity index (χ2n) is 5.28. The highest BCUT2D eigenvalue weighted by atomic mass is 16.2. The third-order valence-electron chi connectivity index (χ3n) is 3.83. The number of nitrogens with zero attached hydrogens (tertiary/aromatic N) is 1. The summed E-state index contributed by atoms with van der Waals surface area (Å²) in [6, 6.07) is 10.5. The first-order valence-corrected chi connectivity index (χ1v) is 7.07. The first-order chi connectivity index (χ1) is 9.33. The molecule has 0 atom stereocenters. The molecule has 0 radical (unpaired) electrons. The number of carbonyl (C=O) groups excluding carboxylic acids is 1. The van der Waals surface area contributed by atoms with Crippen molar-refractivity contribution in [1.29, 1.82) is 0 Å². The molecular formula is C17H19NO. The van der Waals surface area contributed by atoms with Gasteiger partial charge in [-0.05, 0) is 37.3 Å². The largest absolute Gasteiger partial charge is 0.313 e. The van der Waals surface area contributed by atoms with Crippen LogP contribution in [0.15, 0.2) is 53.8 Å². The second-order valence-corrected chi connectivity index (χ2v) is 5.28. The van der Waals surface area contributed by atoms with E-state index in [1.807, 2.05) is 11.0 Å². The highest BCUT2D eigenvalue weighted by molar-refractivity contribution is 5.80. The Labute approximate surface area is 114 Å². The van der Waals surface area contributed by atoms with Crippen LogP contribution in [0.5, 0.6) is 0 Å². The zero-order chi connectivity index (χ0) is 13.1. The van der Waals surface area contributed by atoms with E-state index in [2.05, 4.69) is 36.4 Å². The highest BCUT2D eigenvalue weighted by Gasteiger charge is 2.23. The van der Waals surface area contributed by atoms with Crippen molar-refractivity contribution in [3.63, 3.8) is 0 Å². The number of amides is 1. The van der Waals surface area contributed by atoms with Gasteiger partial charge in [0.2, 0.25) is 5.91 Å². The van der Waals surface area contributed by atoms with Gasteiger partial charge in [0.05, 0.1) is 0 Å². The average Bonchev–Trinajstić information content (AvgIpc) is 2.86. The molecule has 2 heteroatoms. The molecule has 1 amide bonds. The molecule has 2 nitrogen and oxygen atoms in total. The van der Waals surface area contributed by atoms with Crippen molar-refractivity contribution in [3.8, 4) is 0 Å². The molecule has 1 saturated heterocycles. The number of hydrogen-bond acceptors (Lipinski definition) is 1. The molecule has 1 aromatic carbocycles. The molecule has 0 bridgehead atoms. The van der Waals surface area contributed by atoms with E-state index in [9.17, 15) is 4.79 Å². The first-order valence-electron chi connectivity index (χ1n) is 7.07. The fraction of sp³-hybridized carbons (Fsp3) is 0.353. The number of likely N-dealkylation sites (tertiary alicyclic amines) is 1. The maximum Gasteiger partial charge on any atom is 0.227 e. The van der Waals surface area contributed by atoms with Gasteiger partial charge in [0.15, 0.2) is 0 Å². The quantitative estimate of drug-likeness (QED) is 0.808. The summed E-state index contributed by atoms with van der Waals surface area (Å²) in [6.45, 7) is 0.889.